The number of ether oxygens (including phenoxy) is 1. The lowest BCUT2D eigenvalue weighted by Crippen LogP contribution is -2.23. The van der Waals surface area contributed by atoms with Crippen molar-refractivity contribution in [2.45, 2.75) is 0 Å². The summed E-state index contributed by atoms with van der Waals surface area (Å²) < 4.78 is 4.69. The highest BCUT2D eigenvalue weighted by molar-refractivity contribution is 5.87. The molecule has 1 aliphatic heterocycles. The fourth-order valence-corrected chi connectivity index (χ4v) is 0.929. The molecule has 58 valence electrons. The Balaban J connectivity index is 2.23. The Bertz CT molecular complexity index is 257. The quantitative estimate of drug-likeness (QED) is 0.606. The summed E-state index contributed by atoms with van der Waals surface area (Å²) in [4.78, 5) is 12.3. The van der Waals surface area contributed by atoms with Crippen LogP contribution in [0.5, 0.6) is 0 Å². The number of amides is 1. The number of H-pyrrole nitrogens is 1. The molecular formula is C5H6N4O2. The first-order valence-electron chi connectivity index (χ1n) is 3.18. The Morgan fingerprint density at radius 3 is 3.18 bits per heavy atom. The lowest BCUT2D eigenvalue weighted by Gasteiger charge is -2.05. The van der Waals surface area contributed by atoms with E-state index >= 15 is 0 Å². The molecule has 0 aliphatic carbocycles. The Labute approximate surface area is 62.1 Å². The monoisotopic (exact) mass is 154 g/mol. The number of hydrogen-bond acceptors (Lipinski definition) is 4. The molecule has 1 saturated heterocycles. The van der Waals surface area contributed by atoms with Crippen molar-refractivity contribution in [2.24, 2.45) is 0 Å². The predicted molar refractivity (Wildman–Crippen MR) is 35.1 cm³/mol. The topological polar surface area (TPSA) is 71.1 Å². The molecule has 0 unspecified atom stereocenters. The third-order valence-corrected chi connectivity index (χ3v) is 1.44. The van der Waals surface area contributed by atoms with Crippen molar-refractivity contribution in [1.82, 2.24) is 15.4 Å². The highest BCUT2D eigenvalue weighted by Crippen LogP contribution is 2.12. The van der Waals surface area contributed by atoms with Gasteiger partial charge in [0, 0.05) is 0 Å². The number of aromatic nitrogens is 3. The van der Waals surface area contributed by atoms with Gasteiger partial charge in [0.05, 0.1) is 12.7 Å². The van der Waals surface area contributed by atoms with Crippen LogP contribution in [0.3, 0.4) is 0 Å². The molecule has 0 bridgehead atoms. The van der Waals surface area contributed by atoms with E-state index in [1.807, 2.05) is 0 Å². The zero-order valence-corrected chi connectivity index (χ0v) is 5.65. The second-order valence-electron chi connectivity index (χ2n) is 2.10. The first-order valence-corrected chi connectivity index (χ1v) is 3.18. The van der Waals surface area contributed by atoms with Crippen LogP contribution in [-0.4, -0.2) is 34.7 Å². The van der Waals surface area contributed by atoms with Gasteiger partial charge in [0.25, 0.3) is 0 Å². The molecule has 0 aromatic carbocycles. The Kier molecular flexibility index (Phi) is 1.24. The highest BCUT2D eigenvalue weighted by Gasteiger charge is 2.24. The van der Waals surface area contributed by atoms with Crippen molar-refractivity contribution in [1.29, 1.82) is 0 Å². The van der Waals surface area contributed by atoms with Crippen molar-refractivity contribution in [3.8, 4) is 0 Å². The molecule has 6 heteroatoms. The van der Waals surface area contributed by atoms with Gasteiger partial charge in [-0.25, -0.2) is 4.79 Å². The van der Waals surface area contributed by atoms with E-state index in [0.717, 1.165) is 0 Å². The molecule has 0 radical (unpaired) electrons. The smallest absolute Gasteiger partial charge is 0.415 e. The van der Waals surface area contributed by atoms with Crippen LogP contribution < -0.4 is 4.90 Å². The minimum Gasteiger partial charge on any atom is -0.447 e. The van der Waals surface area contributed by atoms with Crippen molar-refractivity contribution in [2.75, 3.05) is 18.1 Å². The SMILES string of the molecule is O=C1OCCN1c1c[nH]nn1. The van der Waals surface area contributed by atoms with Gasteiger partial charge in [-0.1, -0.05) is 5.21 Å². The van der Waals surface area contributed by atoms with E-state index in [1.165, 1.54) is 4.90 Å². The van der Waals surface area contributed by atoms with Gasteiger partial charge in [-0.3, -0.25) is 10.00 Å². The van der Waals surface area contributed by atoms with Gasteiger partial charge in [-0.05, 0) is 0 Å². The van der Waals surface area contributed by atoms with Gasteiger partial charge in [0.1, 0.15) is 6.61 Å². The van der Waals surface area contributed by atoms with E-state index < -0.39 is 0 Å². The first kappa shape index (κ1) is 6.14. The average Bonchev–Trinajstić information content (AvgIpc) is 2.55. The largest absolute Gasteiger partial charge is 0.447 e. The minimum atomic E-state index is -0.362. The molecule has 0 spiro atoms. The van der Waals surface area contributed by atoms with Crippen molar-refractivity contribution >= 4 is 11.9 Å². The molecule has 1 aromatic heterocycles. The van der Waals surface area contributed by atoms with Crippen molar-refractivity contribution < 1.29 is 9.53 Å². The van der Waals surface area contributed by atoms with Gasteiger partial charge in [-0.15, -0.1) is 5.10 Å². The van der Waals surface area contributed by atoms with Gasteiger partial charge in [0.2, 0.25) is 0 Å². The van der Waals surface area contributed by atoms with E-state index in [9.17, 15) is 4.79 Å². The second kappa shape index (κ2) is 2.22. The zero-order chi connectivity index (χ0) is 7.68. The van der Waals surface area contributed by atoms with Gasteiger partial charge in [-0.2, -0.15) is 0 Å². The number of aromatic amines is 1. The summed E-state index contributed by atoms with van der Waals surface area (Å²) in [6.45, 7) is 0.969. The van der Waals surface area contributed by atoms with Crippen LogP contribution >= 0.6 is 0 Å². The summed E-state index contributed by atoms with van der Waals surface area (Å²) in [5.41, 5.74) is 0. The summed E-state index contributed by atoms with van der Waals surface area (Å²) in [5.74, 6) is 0.507. The molecule has 6 nitrogen and oxygen atoms in total. The van der Waals surface area contributed by atoms with E-state index in [2.05, 4.69) is 15.4 Å². The molecule has 0 saturated carbocycles. The maximum absolute atomic E-state index is 10.9. The van der Waals surface area contributed by atoms with Crippen LogP contribution in [0.25, 0.3) is 0 Å². The van der Waals surface area contributed by atoms with Crippen LogP contribution in [-0.2, 0) is 4.74 Å². The molecule has 1 fully saturated rings. The number of anilines is 1. The highest BCUT2D eigenvalue weighted by atomic mass is 16.6. The third kappa shape index (κ3) is 0.917. The summed E-state index contributed by atoms with van der Waals surface area (Å²) in [6.07, 6.45) is 1.19. The number of rotatable bonds is 1. The Morgan fingerprint density at radius 2 is 2.64 bits per heavy atom. The molecule has 1 aliphatic rings. The summed E-state index contributed by atoms with van der Waals surface area (Å²) in [5, 5.41) is 9.66. The normalized spacial score (nSPS) is 17.1. The summed E-state index contributed by atoms with van der Waals surface area (Å²) >= 11 is 0. The molecule has 2 rings (SSSR count). The molecule has 1 aromatic rings. The van der Waals surface area contributed by atoms with Crippen LogP contribution in [0, 0.1) is 0 Å². The van der Waals surface area contributed by atoms with Gasteiger partial charge in [0.15, 0.2) is 5.82 Å². The fraction of sp³-hybridized carbons (Fsp3) is 0.400. The van der Waals surface area contributed by atoms with Crippen molar-refractivity contribution in [3.05, 3.63) is 6.20 Å². The Hall–Kier alpha value is -1.59. The van der Waals surface area contributed by atoms with Gasteiger partial charge >= 0.3 is 6.09 Å². The lowest BCUT2D eigenvalue weighted by molar-refractivity contribution is 0.181. The van der Waals surface area contributed by atoms with E-state index in [-0.39, 0.29) is 6.09 Å². The summed E-state index contributed by atoms with van der Waals surface area (Å²) in [7, 11) is 0. The molecule has 1 N–H and O–H groups in total. The number of carbonyl (C=O) groups excluding carboxylic acids is 1. The first-order chi connectivity index (χ1) is 5.38. The molecule has 1 amide bonds. The van der Waals surface area contributed by atoms with Crippen LogP contribution in [0.15, 0.2) is 6.20 Å². The van der Waals surface area contributed by atoms with Gasteiger partial charge < -0.3 is 4.74 Å². The molecule has 2 heterocycles. The molecule has 0 atom stereocenters. The van der Waals surface area contributed by atoms with Crippen LogP contribution in [0.4, 0.5) is 10.6 Å². The zero-order valence-electron chi connectivity index (χ0n) is 5.65. The maximum atomic E-state index is 10.9. The number of hydrogen-bond donors (Lipinski definition) is 1. The number of cyclic esters (lactones) is 1. The van der Waals surface area contributed by atoms with Crippen molar-refractivity contribution in [3.63, 3.8) is 0 Å². The maximum Gasteiger partial charge on any atom is 0.415 e. The summed E-state index contributed by atoms with van der Waals surface area (Å²) in [6, 6.07) is 0. The molecular weight excluding hydrogens is 148 g/mol. The Morgan fingerprint density at radius 1 is 1.73 bits per heavy atom. The predicted octanol–water partition coefficient (Wildman–Crippen LogP) is -0.239. The average molecular weight is 154 g/mol. The van der Waals surface area contributed by atoms with E-state index in [4.69, 9.17) is 4.74 Å². The number of carbonyl (C=O) groups is 1. The second-order valence-corrected chi connectivity index (χ2v) is 2.10. The third-order valence-electron chi connectivity index (χ3n) is 1.44. The number of nitrogens with one attached hydrogen (secondary N) is 1. The molecule has 11 heavy (non-hydrogen) atoms. The van der Waals surface area contributed by atoms with E-state index in [1.54, 1.807) is 6.20 Å². The van der Waals surface area contributed by atoms with Crippen LogP contribution in [0.1, 0.15) is 0 Å². The fourth-order valence-electron chi connectivity index (χ4n) is 0.929. The standard InChI is InChI=1S/C5H6N4O2/c10-5-9(1-2-11-5)4-3-6-8-7-4/h3H,1-2H2,(H,6,7,8). The minimum absolute atomic E-state index is 0.362. The lowest BCUT2D eigenvalue weighted by atomic mass is 10.6. The van der Waals surface area contributed by atoms with E-state index in [0.29, 0.717) is 19.0 Å². The number of nitrogens with zero attached hydrogens (tertiary/aromatic N) is 3. The van der Waals surface area contributed by atoms with Crippen LogP contribution in [0.2, 0.25) is 0 Å².